The van der Waals surface area contributed by atoms with Crippen LogP contribution < -0.4 is 0 Å². The summed E-state index contributed by atoms with van der Waals surface area (Å²) in [5.41, 5.74) is -0.171. The number of nitrogens with one attached hydrogen (secondary N) is 1. The van der Waals surface area contributed by atoms with E-state index in [1.54, 1.807) is 0 Å². The predicted octanol–water partition coefficient (Wildman–Crippen LogP) is 2.11. The van der Waals surface area contributed by atoms with E-state index >= 15 is 0 Å². The van der Waals surface area contributed by atoms with E-state index in [0.717, 1.165) is 0 Å². The van der Waals surface area contributed by atoms with Crippen molar-refractivity contribution in [3.63, 3.8) is 0 Å². The van der Waals surface area contributed by atoms with Gasteiger partial charge in [-0.05, 0) is 15.9 Å². The van der Waals surface area contributed by atoms with Gasteiger partial charge in [0.25, 0.3) is 6.43 Å². The molecule has 0 spiro atoms. The van der Waals surface area contributed by atoms with Gasteiger partial charge in [0.05, 0.1) is 10.7 Å². The van der Waals surface area contributed by atoms with Crippen LogP contribution in [0, 0.1) is 0 Å². The fourth-order valence-electron chi connectivity index (χ4n) is 0.434. The molecule has 0 aromatic carbocycles. The fraction of sp³-hybridized carbons (Fsp3) is 0.250. The van der Waals surface area contributed by atoms with E-state index in [2.05, 4.69) is 26.1 Å². The van der Waals surface area contributed by atoms with Crippen molar-refractivity contribution in [2.24, 2.45) is 0 Å². The number of hydrogen-bond donors (Lipinski definition) is 1. The normalized spacial score (nSPS) is 10.7. The summed E-state index contributed by atoms with van der Waals surface area (Å²) >= 11 is 2.89. The molecule has 0 radical (unpaired) electrons. The first-order chi connectivity index (χ1) is 4.22. The first-order valence-corrected chi connectivity index (χ1v) is 2.98. The molecule has 9 heavy (non-hydrogen) atoms. The Morgan fingerprint density at radius 2 is 2.33 bits per heavy atom. The minimum Gasteiger partial charge on any atom is -0.276 e. The standard InChI is InChI=1S/C4H3BrF2N2/c5-2-1-8-9-3(2)4(6)7/h1,4H,(H,8,9). The van der Waals surface area contributed by atoms with E-state index in [-0.39, 0.29) is 5.69 Å². The Morgan fingerprint density at radius 1 is 1.67 bits per heavy atom. The zero-order valence-corrected chi connectivity index (χ0v) is 5.82. The van der Waals surface area contributed by atoms with Gasteiger partial charge in [0.1, 0.15) is 5.69 Å². The molecule has 0 aliphatic carbocycles. The van der Waals surface area contributed by atoms with E-state index in [9.17, 15) is 8.78 Å². The van der Waals surface area contributed by atoms with Crippen molar-refractivity contribution in [1.29, 1.82) is 0 Å². The molecule has 50 valence electrons. The largest absolute Gasteiger partial charge is 0.280 e. The van der Waals surface area contributed by atoms with E-state index in [0.29, 0.717) is 4.47 Å². The molecule has 1 rings (SSSR count). The molecule has 1 heterocycles. The van der Waals surface area contributed by atoms with Crippen molar-refractivity contribution >= 4 is 15.9 Å². The van der Waals surface area contributed by atoms with Crippen LogP contribution in [0.15, 0.2) is 10.7 Å². The SMILES string of the molecule is FC(F)c1[nH]ncc1Br. The molecule has 0 fully saturated rings. The molecule has 0 unspecified atom stereocenters. The molecule has 0 atom stereocenters. The quantitative estimate of drug-likeness (QED) is 0.733. The number of H-pyrrole nitrogens is 1. The van der Waals surface area contributed by atoms with Crippen LogP contribution in [-0.2, 0) is 0 Å². The maximum Gasteiger partial charge on any atom is 0.280 e. The van der Waals surface area contributed by atoms with Crippen LogP contribution in [0.1, 0.15) is 12.1 Å². The van der Waals surface area contributed by atoms with Gasteiger partial charge in [-0.3, -0.25) is 5.10 Å². The smallest absolute Gasteiger partial charge is 0.276 e. The molecule has 5 heteroatoms. The lowest BCUT2D eigenvalue weighted by molar-refractivity contribution is 0.145. The molecular formula is C4H3BrF2N2. The fourth-order valence-corrected chi connectivity index (χ4v) is 0.799. The van der Waals surface area contributed by atoms with Gasteiger partial charge in [0.2, 0.25) is 0 Å². The molecule has 1 aromatic heterocycles. The van der Waals surface area contributed by atoms with Crippen LogP contribution in [0.25, 0.3) is 0 Å². The van der Waals surface area contributed by atoms with Crippen molar-refractivity contribution in [1.82, 2.24) is 10.2 Å². The molecule has 0 saturated heterocycles. The summed E-state index contributed by atoms with van der Waals surface area (Å²) in [6.07, 6.45) is -1.19. The number of hydrogen-bond acceptors (Lipinski definition) is 1. The minimum absolute atomic E-state index is 0.171. The minimum atomic E-state index is -2.48. The van der Waals surface area contributed by atoms with Crippen molar-refractivity contribution < 1.29 is 8.78 Å². The maximum atomic E-state index is 11.8. The van der Waals surface area contributed by atoms with E-state index in [1.807, 2.05) is 0 Å². The van der Waals surface area contributed by atoms with Gasteiger partial charge < -0.3 is 0 Å². The highest BCUT2D eigenvalue weighted by atomic mass is 79.9. The molecule has 0 amide bonds. The number of aromatic amines is 1. The maximum absolute atomic E-state index is 11.8. The molecule has 1 N–H and O–H groups in total. The summed E-state index contributed by atoms with van der Waals surface area (Å²) in [6.45, 7) is 0. The van der Waals surface area contributed by atoms with E-state index in [4.69, 9.17) is 0 Å². The Hall–Kier alpha value is -0.450. The first kappa shape index (κ1) is 6.67. The lowest BCUT2D eigenvalue weighted by Gasteiger charge is -1.91. The van der Waals surface area contributed by atoms with E-state index < -0.39 is 6.43 Å². The Balaban J connectivity index is 2.94. The van der Waals surface area contributed by atoms with Crippen LogP contribution in [-0.4, -0.2) is 10.2 Å². The van der Waals surface area contributed by atoms with Gasteiger partial charge in [-0.25, -0.2) is 8.78 Å². The van der Waals surface area contributed by atoms with Crippen LogP contribution in [0.2, 0.25) is 0 Å². The van der Waals surface area contributed by atoms with Crippen molar-refractivity contribution in [3.8, 4) is 0 Å². The van der Waals surface area contributed by atoms with Gasteiger partial charge in [-0.1, -0.05) is 0 Å². The highest BCUT2D eigenvalue weighted by Crippen LogP contribution is 2.23. The number of alkyl halides is 2. The summed E-state index contributed by atoms with van der Waals surface area (Å²) in [6, 6.07) is 0. The third-order valence-corrected chi connectivity index (χ3v) is 1.47. The Labute approximate surface area is 58.4 Å². The van der Waals surface area contributed by atoms with Crippen molar-refractivity contribution in [3.05, 3.63) is 16.4 Å². The molecule has 0 aliphatic rings. The first-order valence-electron chi connectivity index (χ1n) is 2.18. The summed E-state index contributed by atoms with van der Waals surface area (Å²) in [7, 11) is 0. The summed E-state index contributed by atoms with van der Waals surface area (Å²) in [4.78, 5) is 0. The van der Waals surface area contributed by atoms with Gasteiger partial charge in [-0.2, -0.15) is 5.10 Å². The highest BCUT2D eigenvalue weighted by Gasteiger charge is 2.11. The van der Waals surface area contributed by atoms with Crippen LogP contribution in [0.5, 0.6) is 0 Å². The number of halogens is 3. The zero-order chi connectivity index (χ0) is 6.85. The van der Waals surface area contributed by atoms with Gasteiger partial charge in [0, 0.05) is 0 Å². The van der Waals surface area contributed by atoms with Gasteiger partial charge in [-0.15, -0.1) is 0 Å². The lowest BCUT2D eigenvalue weighted by Crippen LogP contribution is -1.83. The topological polar surface area (TPSA) is 28.7 Å². The molecule has 1 aromatic rings. The number of aromatic nitrogens is 2. The molecule has 0 saturated carbocycles. The second-order valence-corrected chi connectivity index (χ2v) is 2.29. The monoisotopic (exact) mass is 196 g/mol. The van der Waals surface area contributed by atoms with Crippen LogP contribution >= 0.6 is 15.9 Å². The number of rotatable bonds is 1. The average Bonchev–Trinajstić information content (AvgIpc) is 2.13. The van der Waals surface area contributed by atoms with E-state index in [1.165, 1.54) is 6.20 Å². The van der Waals surface area contributed by atoms with Crippen LogP contribution in [0.3, 0.4) is 0 Å². The Bertz CT molecular complexity index is 198. The third kappa shape index (κ3) is 1.27. The van der Waals surface area contributed by atoms with Gasteiger partial charge in [0.15, 0.2) is 0 Å². The number of nitrogens with zero attached hydrogens (tertiary/aromatic N) is 1. The molecule has 2 nitrogen and oxygen atoms in total. The average molecular weight is 197 g/mol. The zero-order valence-electron chi connectivity index (χ0n) is 4.24. The van der Waals surface area contributed by atoms with Crippen molar-refractivity contribution in [2.45, 2.75) is 6.43 Å². The second-order valence-electron chi connectivity index (χ2n) is 1.43. The lowest BCUT2D eigenvalue weighted by atomic mass is 10.5. The molecule has 0 bridgehead atoms. The van der Waals surface area contributed by atoms with Crippen LogP contribution in [0.4, 0.5) is 8.78 Å². The summed E-state index contributed by atoms with van der Waals surface area (Å²) < 4.78 is 23.8. The van der Waals surface area contributed by atoms with Crippen molar-refractivity contribution in [2.75, 3.05) is 0 Å². The summed E-state index contributed by atoms with van der Waals surface area (Å²) in [5.74, 6) is 0. The Morgan fingerprint density at radius 3 is 2.56 bits per heavy atom. The Kier molecular flexibility index (Phi) is 1.80. The second kappa shape index (κ2) is 2.43. The highest BCUT2D eigenvalue weighted by molar-refractivity contribution is 9.10. The third-order valence-electron chi connectivity index (χ3n) is 0.838. The predicted molar refractivity (Wildman–Crippen MR) is 31.2 cm³/mol. The summed E-state index contributed by atoms with van der Waals surface area (Å²) in [5, 5.41) is 5.55. The molecule has 0 aliphatic heterocycles. The molecular weight excluding hydrogens is 194 g/mol. The van der Waals surface area contributed by atoms with Gasteiger partial charge >= 0.3 is 0 Å².